The van der Waals surface area contributed by atoms with Crippen molar-refractivity contribution in [1.82, 2.24) is 9.55 Å². The van der Waals surface area contributed by atoms with Gasteiger partial charge >= 0.3 is 0 Å². The van der Waals surface area contributed by atoms with E-state index < -0.39 is 0 Å². The van der Waals surface area contributed by atoms with Gasteiger partial charge in [-0.05, 0) is 32.4 Å². The number of hydrogen-bond acceptors (Lipinski definition) is 2. The fourth-order valence-electron chi connectivity index (χ4n) is 2.06. The van der Waals surface area contributed by atoms with E-state index in [1.54, 1.807) is 11.5 Å². The molecule has 98 valence electrons. The zero-order valence-electron chi connectivity index (χ0n) is 11.2. The molecule has 0 saturated carbocycles. The lowest BCUT2D eigenvalue weighted by atomic mass is 10.1. The minimum atomic E-state index is -0.195. The van der Waals surface area contributed by atoms with Gasteiger partial charge in [0.1, 0.15) is 5.82 Å². The van der Waals surface area contributed by atoms with E-state index in [2.05, 4.69) is 11.6 Å². The monoisotopic (exact) mass is 274 g/mol. The third-order valence-electron chi connectivity index (χ3n) is 3.02. The Bertz CT molecular complexity index is 717. The van der Waals surface area contributed by atoms with Crippen LogP contribution in [0.5, 0.6) is 0 Å². The number of rotatable bonds is 2. The maximum atomic E-state index is 12.4. The molecule has 0 N–H and O–H groups in total. The van der Waals surface area contributed by atoms with Crippen LogP contribution < -0.4 is 5.56 Å². The molecule has 0 spiro atoms. The zero-order valence-corrected chi connectivity index (χ0v) is 12.0. The minimum absolute atomic E-state index is 0.195. The minimum Gasteiger partial charge on any atom is -0.268 e. The van der Waals surface area contributed by atoms with Crippen LogP contribution in [0.25, 0.3) is 10.7 Å². The first kappa shape index (κ1) is 13.6. The molecule has 0 aliphatic heterocycles. The Hall–Kier alpha value is -1.87. The second-order valence-corrected chi connectivity index (χ2v) is 5.01. The third kappa shape index (κ3) is 2.47. The molecular weight excluding hydrogens is 260 g/mol. The summed E-state index contributed by atoms with van der Waals surface area (Å²) in [6.45, 7) is 9.38. The highest BCUT2D eigenvalue weighted by Crippen LogP contribution is 2.17. The molecule has 1 aromatic carbocycles. The van der Waals surface area contributed by atoms with E-state index in [4.69, 9.17) is 11.6 Å². The number of aromatic nitrogens is 2. The Labute approximate surface area is 117 Å². The van der Waals surface area contributed by atoms with Gasteiger partial charge in [0.05, 0.1) is 11.3 Å². The molecule has 1 heterocycles. The first-order chi connectivity index (χ1) is 8.91. The summed E-state index contributed by atoms with van der Waals surface area (Å²) in [5.41, 5.74) is 3.12. The molecule has 0 unspecified atom stereocenters. The molecule has 0 amide bonds. The van der Waals surface area contributed by atoms with Gasteiger partial charge < -0.3 is 0 Å². The summed E-state index contributed by atoms with van der Waals surface area (Å²) in [4.78, 5) is 16.7. The molecule has 0 atom stereocenters. The fraction of sp³-hybridized carbons (Fsp3) is 0.200. The van der Waals surface area contributed by atoms with Crippen molar-refractivity contribution in [2.75, 3.05) is 0 Å². The number of hydrogen-bond donors (Lipinski definition) is 0. The smallest absolute Gasteiger partial charge is 0.266 e. The lowest BCUT2D eigenvalue weighted by molar-refractivity contribution is 0.859. The van der Waals surface area contributed by atoms with Crippen LogP contribution in [-0.4, -0.2) is 9.55 Å². The van der Waals surface area contributed by atoms with E-state index in [9.17, 15) is 4.79 Å². The molecule has 19 heavy (non-hydrogen) atoms. The first-order valence-corrected chi connectivity index (χ1v) is 6.30. The fourth-order valence-corrected chi connectivity index (χ4v) is 2.19. The molecular formula is C15H15ClN2O. The van der Waals surface area contributed by atoms with Crippen LogP contribution in [0, 0.1) is 20.8 Å². The number of benzene rings is 1. The average molecular weight is 275 g/mol. The summed E-state index contributed by atoms with van der Waals surface area (Å²) in [7, 11) is 0. The first-order valence-electron chi connectivity index (χ1n) is 5.93. The number of nitrogens with zero attached hydrogens (tertiary/aromatic N) is 2. The Morgan fingerprint density at radius 3 is 2.58 bits per heavy atom. The van der Waals surface area contributed by atoms with Gasteiger partial charge in [0.2, 0.25) is 0 Å². The second-order valence-electron chi connectivity index (χ2n) is 4.55. The van der Waals surface area contributed by atoms with Crippen LogP contribution in [0.4, 0.5) is 0 Å². The van der Waals surface area contributed by atoms with Gasteiger partial charge in [-0.1, -0.05) is 35.9 Å². The molecule has 4 heteroatoms. The van der Waals surface area contributed by atoms with E-state index in [0.29, 0.717) is 11.4 Å². The highest BCUT2D eigenvalue weighted by molar-refractivity contribution is 6.48. The van der Waals surface area contributed by atoms with Crippen molar-refractivity contribution >= 4 is 16.6 Å². The normalized spacial score (nSPS) is 10.5. The van der Waals surface area contributed by atoms with Crippen LogP contribution in [0.15, 0.2) is 35.8 Å². The second kappa shape index (κ2) is 5.02. The van der Waals surface area contributed by atoms with E-state index in [-0.39, 0.29) is 10.6 Å². The molecule has 0 radical (unpaired) electrons. The van der Waals surface area contributed by atoms with Crippen molar-refractivity contribution in [2.24, 2.45) is 0 Å². The largest absolute Gasteiger partial charge is 0.268 e. The van der Waals surface area contributed by atoms with Crippen LogP contribution in [0.2, 0.25) is 0 Å². The van der Waals surface area contributed by atoms with Gasteiger partial charge in [0, 0.05) is 11.2 Å². The average Bonchev–Trinajstić information content (AvgIpc) is 2.31. The number of halogens is 1. The quantitative estimate of drug-likeness (QED) is 0.842. The predicted octanol–water partition coefficient (Wildman–Crippen LogP) is 3.37. The molecule has 0 bridgehead atoms. The molecule has 1 aromatic heterocycles. The van der Waals surface area contributed by atoms with E-state index in [1.165, 1.54) is 6.20 Å². The topological polar surface area (TPSA) is 34.9 Å². The summed E-state index contributed by atoms with van der Waals surface area (Å²) >= 11 is 5.84. The Morgan fingerprint density at radius 2 is 2.00 bits per heavy atom. The van der Waals surface area contributed by atoms with Gasteiger partial charge in [0.25, 0.3) is 5.56 Å². The van der Waals surface area contributed by atoms with Gasteiger partial charge in [0.15, 0.2) is 0 Å². The summed E-state index contributed by atoms with van der Waals surface area (Å²) in [5, 5.41) is 0.205. The van der Waals surface area contributed by atoms with Gasteiger partial charge in [-0.3, -0.25) is 9.36 Å². The zero-order chi connectivity index (χ0) is 14.2. The molecule has 0 fully saturated rings. The lowest BCUT2D eigenvalue weighted by Gasteiger charge is -2.13. The molecule has 0 aliphatic rings. The maximum absolute atomic E-state index is 12.4. The van der Waals surface area contributed by atoms with Crippen LogP contribution in [-0.2, 0) is 0 Å². The molecule has 0 saturated heterocycles. The van der Waals surface area contributed by atoms with Gasteiger partial charge in [-0.15, -0.1) is 0 Å². The van der Waals surface area contributed by atoms with E-state index in [1.807, 2.05) is 32.0 Å². The van der Waals surface area contributed by atoms with Crippen LogP contribution >= 0.6 is 11.6 Å². The molecule has 2 rings (SSSR count). The Morgan fingerprint density at radius 1 is 1.32 bits per heavy atom. The maximum Gasteiger partial charge on any atom is 0.266 e. The van der Waals surface area contributed by atoms with Crippen molar-refractivity contribution in [1.29, 1.82) is 0 Å². The van der Waals surface area contributed by atoms with Gasteiger partial charge in [-0.2, -0.15) is 0 Å². The molecule has 3 nitrogen and oxygen atoms in total. The highest BCUT2D eigenvalue weighted by atomic mass is 35.5. The van der Waals surface area contributed by atoms with Gasteiger partial charge in [-0.25, -0.2) is 4.98 Å². The predicted molar refractivity (Wildman–Crippen MR) is 78.9 cm³/mol. The Balaban J connectivity index is 2.78. The molecule has 2 aromatic rings. The summed E-state index contributed by atoms with van der Waals surface area (Å²) in [6, 6.07) is 5.92. The van der Waals surface area contributed by atoms with E-state index >= 15 is 0 Å². The van der Waals surface area contributed by atoms with Crippen molar-refractivity contribution in [2.45, 2.75) is 20.8 Å². The third-order valence-corrected chi connectivity index (χ3v) is 3.23. The van der Waals surface area contributed by atoms with Crippen molar-refractivity contribution in [3.8, 4) is 5.69 Å². The Kier molecular flexibility index (Phi) is 3.58. The number of aryl methyl sites for hydroxylation is 3. The van der Waals surface area contributed by atoms with Crippen molar-refractivity contribution in [3.05, 3.63) is 63.8 Å². The molecule has 0 aliphatic carbocycles. The summed E-state index contributed by atoms with van der Waals surface area (Å²) < 4.78 is 1.57. The standard InChI is InChI=1S/C15H15ClN2O/c1-9-5-6-14(10(2)7-9)18-12(4)17-8-13(11(3)16)15(18)19/h5-8H,3H2,1-2,4H3. The summed E-state index contributed by atoms with van der Waals surface area (Å²) in [5.74, 6) is 0.624. The summed E-state index contributed by atoms with van der Waals surface area (Å²) in [6.07, 6.45) is 1.47. The van der Waals surface area contributed by atoms with Crippen molar-refractivity contribution in [3.63, 3.8) is 0 Å². The SMILES string of the molecule is C=C(Cl)c1cnc(C)n(-c2ccc(C)cc2C)c1=O. The van der Waals surface area contributed by atoms with Crippen LogP contribution in [0.3, 0.4) is 0 Å². The van der Waals surface area contributed by atoms with Crippen molar-refractivity contribution < 1.29 is 0 Å². The van der Waals surface area contributed by atoms with E-state index in [0.717, 1.165) is 16.8 Å². The lowest BCUT2D eigenvalue weighted by Crippen LogP contribution is -2.25. The van der Waals surface area contributed by atoms with Crippen LogP contribution in [0.1, 0.15) is 22.5 Å². The highest BCUT2D eigenvalue weighted by Gasteiger charge is 2.12.